The summed E-state index contributed by atoms with van der Waals surface area (Å²) in [7, 11) is -3.87. The van der Waals surface area contributed by atoms with Crippen molar-refractivity contribution in [3.63, 3.8) is 0 Å². The molecule has 146 valence electrons. The number of oxazole rings is 1. The molecule has 0 bridgehead atoms. The smallest absolute Gasteiger partial charge is 0.238 e. The Kier molecular flexibility index (Phi) is 5.33. The third-order valence-corrected chi connectivity index (χ3v) is 6.29. The number of aromatic nitrogens is 1. The van der Waals surface area contributed by atoms with Crippen molar-refractivity contribution in [1.29, 1.82) is 0 Å². The summed E-state index contributed by atoms with van der Waals surface area (Å²) in [4.78, 5) is 4.90. The predicted octanol–water partition coefficient (Wildman–Crippen LogP) is 4.63. The second kappa shape index (κ2) is 7.89. The van der Waals surface area contributed by atoms with Crippen LogP contribution in [0.15, 0.2) is 63.9 Å². The summed E-state index contributed by atoms with van der Waals surface area (Å²) in [6.45, 7) is 0. The van der Waals surface area contributed by atoms with Crippen LogP contribution in [0.25, 0.3) is 11.3 Å². The first kappa shape index (κ1) is 18.9. The molecule has 0 spiro atoms. The molecule has 1 aliphatic carbocycles. The van der Waals surface area contributed by atoms with Gasteiger partial charge < -0.3 is 4.42 Å². The van der Waals surface area contributed by atoms with Gasteiger partial charge in [-0.15, -0.1) is 0 Å². The molecule has 28 heavy (non-hydrogen) atoms. The number of nitrogens with two attached hydrogens (primary N) is 1. The van der Waals surface area contributed by atoms with Gasteiger partial charge in [-0.05, 0) is 30.5 Å². The Labute approximate surface area is 165 Å². The second-order valence-electron chi connectivity index (χ2n) is 7.36. The lowest BCUT2D eigenvalue weighted by Crippen LogP contribution is -2.14. The zero-order valence-electron chi connectivity index (χ0n) is 15.7. The van der Waals surface area contributed by atoms with E-state index < -0.39 is 10.0 Å². The van der Waals surface area contributed by atoms with Gasteiger partial charge in [0.25, 0.3) is 0 Å². The van der Waals surface area contributed by atoms with Gasteiger partial charge in [0.1, 0.15) is 0 Å². The highest BCUT2D eigenvalue weighted by Crippen LogP contribution is 2.40. The number of hydrogen-bond donors (Lipinski definition) is 1. The fourth-order valence-corrected chi connectivity index (χ4v) is 4.71. The van der Waals surface area contributed by atoms with Crippen LogP contribution in [0.1, 0.15) is 55.2 Å². The van der Waals surface area contributed by atoms with Gasteiger partial charge in [-0.25, -0.2) is 18.5 Å². The molecule has 6 heteroatoms. The lowest BCUT2D eigenvalue weighted by molar-refractivity contribution is 0.436. The predicted molar refractivity (Wildman–Crippen MR) is 108 cm³/mol. The van der Waals surface area contributed by atoms with Gasteiger partial charge in [-0.2, -0.15) is 0 Å². The van der Waals surface area contributed by atoms with Crippen LogP contribution in [0.2, 0.25) is 0 Å². The average molecular weight is 397 g/mol. The average Bonchev–Trinajstić information content (AvgIpc) is 3.12. The molecule has 2 N–H and O–H groups in total. The van der Waals surface area contributed by atoms with E-state index in [-0.39, 0.29) is 10.8 Å². The maximum absolute atomic E-state index is 12.1. The van der Waals surface area contributed by atoms with Gasteiger partial charge in [0.05, 0.1) is 10.6 Å². The Morgan fingerprint density at radius 3 is 2.36 bits per heavy atom. The lowest BCUT2D eigenvalue weighted by atomic mass is 9.85. The lowest BCUT2D eigenvalue weighted by Gasteiger charge is -2.20. The molecule has 0 atom stereocenters. The molecule has 3 aromatic rings. The quantitative estimate of drug-likeness (QED) is 0.681. The summed E-state index contributed by atoms with van der Waals surface area (Å²) < 4.78 is 30.4. The molecule has 0 radical (unpaired) electrons. The summed E-state index contributed by atoms with van der Waals surface area (Å²) in [6.07, 6.45) is 6.19. The largest absolute Gasteiger partial charge is 0.440 e. The highest BCUT2D eigenvalue weighted by Gasteiger charge is 2.28. The third kappa shape index (κ3) is 4.03. The molecule has 2 aromatic carbocycles. The minimum Gasteiger partial charge on any atom is -0.440 e. The van der Waals surface area contributed by atoms with Gasteiger partial charge in [-0.1, -0.05) is 61.7 Å². The Morgan fingerprint density at radius 2 is 1.64 bits per heavy atom. The van der Waals surface area contributed by atoms with Crippen LogP contribution in [0.4, 0.5) is 0 Å². The topological polar surface area (TPSA) is 86.2 Å². The molecule has 1 heterocycles. The van der Waals surface area contributed by atoms with E-state index in [4.69, 9.17) is 14.5 Å². The minimum absolute atomic E-state index is 0.0782. The number of hydrogen-bond acceptors (Lipinski definition) is 4. The number of benzene rings is 2. The molecular formula is C22H24N2O3S. The van der Waals surface area contributed by atoms with E-state index in [2.05, 4.69) is 0 Å². The van der Waals surface area contributed by atoms with Crippen LogP contribution in [0, 0.1) is 0 Å². The van der Waals surface area contributed by atoms with E-state index in [9.17, 15) is 8.42 Å². The second-order valence-corrected chi connectivity index (χ2v) is 8.89. The standard InChI is InChI=1S/C22H24N2O3S/c23-28(25,26)19-14-8-7-13-18(19)22-21(17-11-5-2-6-12-17)24-20(27-22)15-16-9-3-1-4-10-16/h1,3-4,7-10,13-14,17H,2,5-6,11-12,15H2,(H2,23,25,26). The van der Waals surface area contributed by atoms with Crippen molar-refractivity contribution >= 4 is 10.0 Å². The zero-order valence-corrected chi connectivity index (χ0v) is 16.5. The Bertz CT molecular complexity index is 1050. The fourth-order valence-electron chi connectivity index (χ4n) is 3.97. The first-order valence-corrected chi connectivity index (χ1v) is 11.2. The zero-order chi connectivity index (χ0) is 19.6. The van der Waals surface area contributed by atoms with Crippen LogP contribution in [0.5, 0.6) is 0 Å². The summed E-state index contributed by atoms with van der Waals surface area (Å²) in [5.74, 6) is 1.43. The SMILES string of the molecule is NS(=O)(=O)c1ccccc1-c1oc(Cc2ccccc2)nc1C1CCCCC1. The molecule has 1 aliphatic rings. The van der Waals surface area contributed by atoms with E-state index in [1.807, 2.05) is 30.3 Å². The summed E-state index contributed by atoms with van der Waals surface area (Å²) >= 11 is 0. The van der Waals surface area contributed by atoms with Crippen molar-refractivity contribution in [2.75, 3.05) is 0 Å². The molecule has 0 saturated heterocycles. The Hall–Kier alpha value is -2.44. The monoisotopic (exact) mass is 396 g/mol. The van der Waals surface area contributed by atoms with Gasteiger partial charge in [-0.3, -0.25) is 0 Å². The number of sulfonamides is 1. The molecule has 1 saturated carbocycles. The number of rotatable bonds is 5. The van der Waals surface area contributed by atoms with E-state index in [0.29, 0.717) is 23.6 Å². The van der Waals surface area contributed by atoms with Crippen LogP contribution in [-0.2, 0) is 16.4 Å². The maximum atomic E-state index is 12.1. The first-order valence-electron chi connectivity index (χ1n) is 9.68. The maximum Gasteiger partial charge on any atom is 0.238 e. The molecule has 0 amide bonds. The normalized spacial score (nSPS) is 15.6. The van der Waals surface area contributed by atoms with Gasteiger partial charge >= 0.3 is 0 Å². The summed E-state index contributed by atoms with van der Waals surface area (Å²) in [5, 5.41) is 5.46. The van der Waals surface area contributed by atoms with E-state index in [0.717, 1.165) is 36.9 Å². The van der Waals surface area contributed by atoms with E-state index in [1.165, 1.54) is 12.5 Å². The molecule has 5 nitrogen and oxygen atoms in total. The molecule has 0 aliphatic heterocycles. The highest BCUT2D eigenvalue weighted by atomic mass is 32.2. The van der Waals surface area contributed by atoms with Crippen molar-refractivity contribution in [3.8, 4) is 11.3 Å². The molecule has 1 fully saturated rings. The van der Waals surface area contributed by atoms with Gasteiger partial charge in [0.2, 0.25) is 10.0 Å². The van der Waals surface area contributed by atoms with Crippen molar-refractivity contribution in [2.45, 2.75) is 49.3 Å². The Balaban J connectivity index is 1.81. The number of primary sulfonamides is 1. The molecule has 0 unspecified atom stereocenters. The third-order valence-electron chi connectivity index (χ3n) is 5.33. The summed E-state index contributed by atoms with van der Waals surface area (Å²) in [6, 6.07) is 16.7. The fraction of sp³-hybridized carbons (Fsp3) is 0.318. The van der Waals surface area contributed by atoms with Crippen molar-refractivity contribution < 1.29 is 12.8 Å². The van der Waals surface area contributed by atoms with Crippen molar-refractivity contribution in [3.05, 3.63) is 71.7 Å². The van der Waals surface area contributed by atoms with Crippen LogP contribution in [0.3, 0.4) is 0 Å². The van der Waals surface area contributed by atoms with Crippen molar-refractivity contribution in [2.24, 2.45) is 5.14 Å². The molecular weight excluding hydrogens is 372 g/mol. The molecule has 4 rings (SSSR count). The van der Waals surface area contributed by atoms with Crippen LogP contribution < -0.4 is 5.14 Å². The van der Waals surface area contributed by atoms with Crippen LogP contribution in [-0.4, -0.2) is 13.4 Å². The highest BCUT2D eigenvalue weighted by molar-refractivity contribution is 7.89. The van der Waals surface area contributed by atoms with Gasteiger partial charge in [0, 0.05) is 17.9 Å². The minimum atomic E-state index is -3.87. The first-order chi connectivity index (χ1) is 13.5. The van der Waals surface area contributed by atoms with Crippen molar-refractivity contribution in [1.82, 2.24) is 4.98 Å². The number of nitrogens with zero attached hydrogens (tertiary/aromatic N) is 1. The van der Waals surface area contributed by atoms with Gasteiger partial charge in [0.15, 0.2) is 11.7 Å². The Morgan fingerprint density at radius 1 is 0.964 bits per heavy atom. The van der Waals surface area contributed by atoms with Crippen LogP contribution >= 0.6 is 0 Å². The molecule has 1 aromatic heterocycles. The summed E-state index contributed by atoms with van der Waals surface area (Å²) in [5.41, 5.74) is 2.46. The van der Waals surface area contributed by atoms with E-state index >= 15 is 0 Å². The van der Waals surface area contributed by atoms with E-state index in [1.54, 1.807) is 18.2 Å².